The van der Waals surface area contributed by atoms with Crippen LogP contribution in [0, 0.1) is 0 Å². The average Bonchev–Trinajstić information content (AvgIpc) is 3.03. The van der Waals surface area contributed by atoms with Gasteiger partial charge in [0.25, 0.3) is 0 Å². The molecule has 0 saturated carbocycles. The van der Waals surface area contributed by atoms with Crippen molar-refractivity contribution in [2.24, 2.45) is 0 Å². The summed E-state index contributed by atoms with van der Waals surface area (Å²) >= 11 is 0. The molecule has 104 valence electrons. The van der Waals surface area contributed by atoms with Crippen LogP contribution >= 0.6 is 0 Å². The topological polar surface area (TPSA) is 79.3 Å². The van der Waals surface area contributed by atoms with Gasteiger partial charge in [0, 0.05) is 38.6 Å². The van der Waals surface area contributed by atoms with Crippen molar-refractivity contribution in [3.05, 3.63) is 18.5 Å². The number of hydrogen-bond donors (Lipinski definition) is 2. The highest BCUT2D eigenvalue weighted by molar-refractivity contribution is 5.80. The maximum absolute atomic E-state index is 12.0. The molecule has 7 nitrogen and oxygen atoms in total. The molecule has 1 aliphatic heterocycles. The summed E-state index contributed by atoms with van der Waals surface area (Å²) in [7, 11) is 0. The molecule has 0 bridgehead atoms. The molecule has 1 atom stereocenters. The van der Waals surface area contributed by atoms with Crippen LogP contribution in [0.1, 0.15) is 19.4 Å². The fourth-order valence-corrected chi connectivity index (χ4v) is 2.11. The Morgan fingerprint density at radius 1 is 1.63 bits per heavy atom. The summed E-state index contributed by atoms with van der Waals surface area (Å²) in [5.41, 5.74) is 0. The van der Waals surface area contributed by atoms with Gasteiger partial charge >= 0.3 is 6.03 Å². The van der Waals surface area contributed by atoms with E-state index in [4.69, 9.17) is 0 Å². The maximum Gasteiger partial charge on any atom is 0.317 e. The average molecular weight is 265 g/mol. The van der Waals surface area contributed by atoms with Gasteiger partial charge in [0.15, 0.2) is 0 Å². The molecule has 3 amide bonds. The van der Waals surface area contributed by atoms with Gasteiger partial charge in [-0.1, -0.05) is 6.92 Å². The van der Waals surface area contributed by atoms with Crippen molar-refractivity contribution >= 4 is 11.9 Å². The molecule has 0 spiro atoms. The van der Waals surface area contributed by atoms with Crippen LogP contribution in [0.3, 0.4) is 0 Å². The number of carbonyl (C=O) groups excluding carboxylic acids is 2. The van der Waals surface area contributed by atoms with Crippen LogP contribution in [0.2, 0.25) is 0 Å². The normalized spacial score (nSPS) is 16.3. The van der Waals surface area contributed by atoms with E-state index in [1.165, 1.54) is 0 Å². The fraction of sp³-hybridized carbons (Fsp3) is 0.583. The van der Waals surface area contributed by atoms with Gasteiger partial charge in [0.1, 0.15) is 6.04 Å². The molecule has 19 heavy (non-hydrogen) atoms. The van der Waals surface area contributed by atoms with Crippen molar-refractivity contribution < 1.29 is 9.59 Å². The van der Waals surface area contributed by atoms with Crippen LogP contribution < -0.4 is 10.6 Å². The van der Waals surface area contributed by atoms with Crippen LogP contribution in [0.5, 0.6) is 0 Å². The minimum atomic E-state index is -0.289. The Labute approximate surface area is 111 Å². The number of amides is 3. The molecule has 1 aromatic rings. The third kappa shape index (κ3) is 3.24. The van der Waals surface area contributed by atoms with Gasteiger partial charge in [0.05, 0.1) is 0 Å². The minimum Gasteiger partial charge on any atom is -0.352 e. The second-order valence-electron chi connectivity index (χ2n) is 4.42. The third-order valence-corrected chi connectivity index (χ3v) is 3.16. The van der Waals surface area contributed by atoms with Crippen LogP contribution in [-0.4, -0.2) is 52.8 Å². The lowest BCUT2D eigenvalue weighted by Crippen LogP contribution is -2.39. The van der Waals surface area contributed by atoms with Crippen LogP contribution in [0.15, 0.2) is 18.5 Å². The Balaban J connectivity index is 1.78. The van der Waals surface area contributed by atoms with Crippen LogP contribution in [0.25, 0.3) is 0 Å². The minimum absolute atomic E-state index is 0.0617. The molecule has 2 rings (SSSR count). The molecular formula is C12H19N5O2. The Hall–Kier alpha value is -2.05. The van der Waals surface area contributed by atoms with Gasteiger partial charge in [-0.3, -0.25) is 9.48 Å². The van der Waals surface area contributed by atoms with Crippen LogP contribution in [0.4, 0.5) is 4.79 Å². The second-order valence-corrected chi connectivity index (χ2v) is 4.42. The van der Waals surface area contributed by atoms with E-state index >= 15 is 0 Å². The fourth-order valence-electron chi connectivity index (χ4n) is 2.11. The molecule has 2 heterocycles. The van der Waals surface area contributed by atoms with Crippen molar-refractivity contribution in [3.63, 3.8) is 0 Å². The van der Waals surface area contributed by atoms with Gasteiger partial charge in [-0.2, -0.15) is 5.10 Å². The summed E-state index contributed by atoms with van der Waals surface area (Å²) in [6, 6.07) is 1.45. The first-order valence-corrected chi connectivity index (χ1v) is 6.52. The standard InChI is InChI=1S/C12H19N5O2/c1-2-10(17-7-3-4-15-17)11(18)13-5-8-16-9-6-14-12(16)19/h3-4,7,10H,2,5-6,8-9H2,1H3,(H,13,18)(H,14,19)/t10-/m1/s1. The third-order valence-electron chi connectivity index (χ3n) is 3.16. The molecule has 1 saturated heterocycles. The Morgan fingerprint density at radius 2 is 2.47 bits per heavy atom. The lowest BCUT2D eigenvalue weighted by atomic mass is 10.2. The molecule has 2 N–H and O–H groups in total. The molecule has 1 aromatic heterocycles. The molecule has 7 heteroatoms. The maximum atomic E-state index is 12.0. The summed E-state index contributed by atoms with van der Waals surface area (Å²) in [6.07, 6.45) is 4.11. The molecular weight excluding hydrogens is 246 g/mol. The van der Waals surface area contributed by atoms with Gasteiger partial charge < -0.3 is 15.5 Å². The predicted octanol–water partition coefficient (Wildman–Crippen LogP) is -0.0244. The number of urea groups is 1. The van der Waals surface area contributed by atoms with E-state index in [1.54, 1.807) is 28.0 Å². The van der Waals surface area contributed by atoms with E-state index < -0.39 is 0 Å². The zero-order valence-electron chi connectivity index (χ0n) is 11.0. The van der Waals surface area contributed by atoms with E-state index in [0.717, 1.165) is 0 Å². The zero-order chi connectivity index (χ0) is 13.7. The van der Waals surface area contributed by atoms with Crippen molar-refractivity contribution in [3.8, 4) is 0 Å². The van der Waals surface area contributed by atoms with Gasteiger partial charge in [-0.15, -0.1) is 0 Å². The molecule has 0 aromatic carbocycles. The van der Waals surface area contributed by atoms with E-state index in [-0.39, 0.29) is 18.0 Å². The number of aromatic nitrogens is 2. The highest BCUT2D eigenvalue weighted by Crippen LogP contribution is 2.09. The Bertz CT molecular complexity index is 431. The first kappa shape index (κ1) is 13.4. The van der Waals surface area contributed by atoms with Crippen LogP contribution in [-0.2, 0) is 4.79 Å². The number of carbonyl (C=O) groups is 2. The van der Waals surface area contributed by atoms with Crippen molar-refractivity contribution in [1.82, 2.24) is 25.3 Å². The van der Waals surface area contributed by atoms with Gasteiger partial charge in [-0.25, -0.2) is 4.79 Å². The lowest BCUT2D eigenvalue weighted by molar-refractivity contribution is -0.124. The first-order valence-electron chi connectivity index (χ1n) is 6.52. The number of rotatable bonds is 6. The largest absolute Gasteiger partial charge is 0.352 e. The summed E-state index contributed by atoms with van der Waals surface area (Å²) in [5.74, 6) is -0.0641. The molecule has 0 radical (unpaired) electrons. The zero-order valence-corrected chi connectivity index (χ0v) is 11.0. The predicted molar refractivity (Wildman–Crippen MR) is 69.5 cm³/mol. The number of hydrogen-bond acceptors (Lipinski definition) is 3. The Kier molecular flexibility index (Phi) is 4.38. The van der Waals surface area contributed by atoms with Gasteiger partial charge in [-0.05, 0) is 12.5 Å². The summed E-state index contributed by atoms with van der Waals surface area (Å²) < 4.78 is 1.65. The highest BCUT2D eigenvalue weighted by Gasteiger charge is 2.21. The van der Waals surface area contributed by atoms with Crippen molar-refractivity contribution in [2.45, 2.75) is 19.4 Å². The van der Waals surface area contributed by atoms with E-state index in [9.17, 15) is 9.59 Å². The SMILES string of the molecule is CC[C@H](C(=O)NCCN1CCNC1=O)n1cccn1. The molecule has 1 aliphatic rings. The monoisotopic (exact) mass is 265 g/mol. The van der Waals surface area contributed by atoms with E-state index in [2.05, 4.69) is 15.7 Å². The number of nitrogens with one attached hydrogen (secondary N) is 2. The Morgan fingerprint density at radius 3 is 3.05 bits per heavy atom. The van der Waals surface area contributed by atoms with Crippen molar-refractivity contribution in [1.29, 1.82) is 0 Å². The first-order chi connectivity index (χ1) is 9.22. The lowest BCUT2D eigenvalue weighted by Gasteiger charge is -2.18. The van der Waals surface area contributed by atoms with E-state index in [1.807, 2.05) is 6.92 Å². The quantitative estimate of drug-likeness (QED) is 0.758. The smallest absolute Gasteiger partial charge is 0.317 e. The molecule has 0 unspecified atom stereocenters. The highest BCUT2D eigenvalue weighted by atomic mass is 16.2. The summed E-state index contributed by atoms with van der Waals surface area (Å²) in [5, 5.41) is 9.66. The summed E-state index contributed by atoms with van der Waals surface area (Å²) in [4.78, 5) is 25.0. The molecule has 1 fully saturated rings. The second kappa shape index (κ2) is 6.21. The number of nitrogens with zero attached hydrogens (tertiary/aromatic N) is 3. The van der Waals surface area contributed by atoms with E-state index in [0.29, 0.717) is 32.6 Å². The molecule has 0 aliphatic carbocycles. The summed E-state index contributed by atoms with van der Waals surface area (Å²) in [6.45, 7) is 4.32. The van der Waals surface area contributed by atoms with Crippen molar-refractivity contribution in [2.75, 3.05) is 26.2 Å². The van der Waals surface area contributed by atoms with Gasteiger partial charge in [0.2, 0.25) is 5.91 Å².